The Morgan fingerprint density at radius 3 is 2.86 bits per heavy atom. The number of hydrogen-bond donors (Lipinski definition) is 1. The van der Waals surface area contributed by atoms with Crippen LogP contribution in [0.3, 0.4) is 0 Å². The molecule has 1 atom stereocenters. The Hall–Kier alpha value is -3.00. The number of hydrogen-bond acceptors (Lipinski definition) is 5. The van der Waals surface area contributed by atoms with Gasteiger partial charge in [0, 0.05) is 36.3 Å². The summed E-state index contributed by atoms with van der Waals surface area (Å²) in [7, 11) is 0. The van der Waals surface area contributed by atoms with Crippen molar-refractivity contribution in [3.05, 3.63) is 41.2 Å². The number of aromatic nitrogens is 3. The molecule has 8 heteroatoms. The number of amides is 1. The van der Waals surface area contributed by atoms with Crippen LogP contribution in [0.4, 0.5) is 0 Å². The molecule has 0 aliphatic carbocycles. The van der Waals surface area contributed by atoms with E-state index < -0.39 is 12.1 Å². The summed E-state index contributed by atoms with van der Waals surface area (Å²) in [5.74, 6) is -0.908. The van der Waals surface area contributed by atoms with Crippen LogP contribution < -0.4 is 0 Å². The van der Waals surface area contributed by atoms with Gasteiger partial charge in [-0.2, -0.15) is 5.10 Å². The van der Waals surface area contributed by atoms with Crippen LogP contribution in [0.1, 0.15) is 29.8 Å². The molecule has 0 bridgehead atoms. The lowest BCUT2D eigenvalue weighted by Gasteiger charge is -2.32. The number of rotatable bonds is 5. The molecule has 152 valence electrons. The monoisotopic (exact) mass is 396 g/mol. The summed E-state index contributed by atoms with van der Waals surface area (Å²) < 4.78 is 7.31. The third kappa shape index (κ3) is 3.80. The number of aliphatic carboxylic acids is 1. The van der Waals surface area contributed by atoms with Gasteiger partial charge in [0.1, 0.15) is 0 Å². The lowest BCUT2D eigenvalue weighted by molar-refractivity contribution is -0.147. The normalized spacial score (nSPS) is 17.2. The molecular weight excluding hydrogens is 372 g/mol. The molecule has 3 aromatic rings. The van der Waals surface area contributed by atoms with Crippen molar-refractivity contribution in [2.45, 2.75) is 39.2 Å². The molecule has 1 N–H and O–H groups in total. The fourth-order valence-corrected chi connectivity index (χ4v) is 3.99. The fourth-order valence-electron chi connectivity index (χ4n) is 3.99. The van der Waals surface area contributed by atoms with Crippen molar-refractivity contribution in [3.63, 3.8) is 0 Å². The van der Waals surface area contributed by atoms with E-state index in [4.69, 9.17) is 14.8 Å². The van der Waals surface area contributed by atoms with Gasteiger partial charge < -0.3 is 14.7 Å². The van der Waals surface area contributed by atoms with Gasteiger partial charge in [0.2, 0.25) is 5.91 Å². The Morgan fingerprint density at radius 2 is 2.07 bits per heavy atom. The van der Waals surface area contributed by atoms with Gasteiger partial charge in [0.05, 0.1) is 24.6 Å². The van der Waals surface area contributed by atoms with E-state index in [2.05, 4.69) is 5.10 Å². The number of carboxylic acids is 1. The summed E-state index contributed by atoms with van der Waals surface area (Å²) in [5.41, 5.74) is 4.64. The molecule has 1 amide bonds. The van der Waals surface area contributed by atoms with Gasteiger partial charge in [0.15, 0.2) is 5.65 Å². The first kappa shape index (κ1) is 19.3. The van der Waals surface area contributed by atoms with Crippen LogP contribution in [-0.2, 0) is 20.7 Å². The van der Waals surface area contributed by atoms with Crippen molar-refractivity contribution >= 4 is 28.4 Å². The number of ether oxygens (including phenoxy) is 1. The van der Waals surface area contributed by atoms with Crippen molar-refractivity contribution in [3.8, 4) is 0 Å². The quantitative estimate of drug-likeness (QED) is 0.710. The first-order chi connectivity index (χ1) is 13.9. The van der Waals surface area contributed by atoms with Crippen molar-refractivity contribution in [1.82, 2.24) is 19.5 Å². The van der Waals surface area contributed by atoms with E-state index in [0.29, 0.717) is 32.5 Å². The van der Waals surface area contributed by atoms with Gasteiger partial charge in [-0.3, -0.25) is 9.59 Å². The number of nitrogens with zero attached hydrogens (tertiary/aromatic N) is 4. The molecule has 1 saturated heterocycles. The van der Waals surface area contributed by atoms with Crippen LogP contribution in [0.2, 0.25) is 0 Å². The minimum Gasteiger partial charge on any atom is -0.481 e. The fraction of sp³-hybridized carbons (Fsp3) is 0.429. The molecule has 1 unspecified atom stereocenters. The molecule has 3 heterocycles. The second kappa shape index (κ2) is 7.79. The predicted molar refractivity (Wildman–Crippen MR) is 107 cm³/mol. The minimum atomic E-state index is -0.915. The predicted octanol–water partition coefficient (Wildman–Crippen LogP) is 2.13. The second-order valence-electron chi connectivity index (χ2n) is 7.44. The largest absolute Gasteiger partial charge is 0.481 e. The molecule has 0 radical (unpaired) electrons. The molecule has 1 fully saturated rings. The second-order valence-corrected chi connectivity index (χ2v) is 7.44. The van der Waals surface area contributed by atoms with E-state index >= 15 is 0 Å². The number of benzene rings is 1. The van der Waals surface area contributed by atoms with Crippen LogP contribution in [0.5, 0.6) is 0 Å². The van der Waals surface area contributed by atoms with E-state index in [-0.39, 0.29) is 12.3 Å². The highest BCUT2D eigenvalue weighted by atomic mass is 16.5. The Balaban J connectivity index is 1.51. The molecule has 8 nitrogen and oxygen atoms in total. The summed E-state index contributed by atoms with van der Waals surface area (Å²) in [5, 5.41) is 14.6. The van der Waals surface area contributed by atoms with E-state index in [9.17, 15) is 9.59 Å². The van der Waals surface area contributed by atoms with Gasteiger partial charge in [-0.25, -0.2) is 9.50 Å². The van der Waals surface area contributed by atoms with Gasteiger partial charge in [-0.15, -0.1) is 0 Å². The SMILES string of the molecule is Cc1nc2c3ccccc3nn2c(C)c1CCC(=O)N1CCOC(CC(=O)O)C1. The third-order valence-corrected chi connectivity index (χ3v) is 5.50. The number of carbonyl (C=O) groups is 2. The van der Waals surface area contributed by atoms with Gasteiger partial charge in [-0.1, -0.05) is 12.1 Å². The Labute approximate surface area is 168 Å². The molecule has 0 saturated carbocycles. The Morgan fingerprint density at radius 1 is 1.28 bits per heavy atom. The summed E-state index contributed by atoms with van der Waals surface area (Å²) in [4.78, 5) is 30.1. The highest BCUT2D eigenvalue weighted by Crippen LogP contribution is 2.23. The Kier molecular flexibility index (Phi) is 5.19. The van der Waals surface area contributed by atoms with Crippen molar-refractivity contribution in [2.24, 2.45) is 0 Å². The molecule has 29 heavy (non-hydrogen) atoms. The summed E-state index contributed by atoms with van der Waals surface area (Å²) in [6.45, 7) is 5.16. The van der Waals surface area contributed by atoms with Crippen LogP contribution in [-0.4, -0.2) is 62.3 Å². The molecule has 4 rings (SSSR count). The summed E-state index contributed by atoms with van der Waals surface area (Å²) >= 11 is 0. The van der Waals surface area contributed by atoms with E-state index in [0.717, 1.165) is 33.5 Å². The highest BCUT2D eigenvalue weighted by molar-refractivity contribution is 5.92. The number of aryl methyl sites for hydroxylation is 2. The number of carboxylic acid groups (broad SMARTS) is 1. The van der Waals surface area contributed by atoms with Gasteiger partial charge in [-0.05, 0) is 38.0 Å². The highest BCUT2D eigenvalue weighted by Gasteiger charge is 2.26. The molecule has 1 aliphatic rings. The van der Waals surface area contributed by atoms with E-state index in [1.54, 1.807) is 4.90 Å². The summed E-state index contributed by atoms with van der Waals surface area (Å²) in [6, 6.07) is 7.91. The van der Waals surface area contributed by atoms with Crippen molar-refractivity contribution < 1.29 is 19.4 Å². The lowest BCUT2D eigenvalue weighted by atomic mass is 10.1. The van der Waals surface area contributed by atoms with Crippen LogP contribution in [0.25, 0.3) is 16.6 Å². The first-order valence-electron chi connectivity index (χ1n) is 9.78. The average Bonchev–Trinajstić information content (AvgIpc) is 3.06. The van der Waals surface area contributed by atoms with E-state index in [1.807, 2.05) is 42.6 Å². The maximum absolute atomic E-state index is 12.7. The number of carbonyl (C=O) groups excluding carboxylic acids is 1. The average molecular weight is 396 g/mol. The number of fused-ring (bicyclic) bond motifs is 3. The van der Waals surface area contributed by atoms with E-state index in [1.165, 1.54) is 0 Å². The summed E-state index contributed by atoms with van der Waals surface area (Å²) in [6.07, 6.45) is 0.379. The van der Waals surface area contributed by atoms with Crippen LogP contribution >= 0.6 is 0 Å². The molecule has 2 aromatic heterocycles. The number of morpholine rings is 1. The lowest BCUT2D eigenvalue weighted by Crippen LogP contribution is -2.46. The first-order valence-corrected chi connectivity index (χ1v) is 9.78. The van der Waals surface area contributed by atoms with Crippen LogP contribution in [0.15, 0.2) is 24.3 Å². The standard InChI is InChI=1S/C21H24N4O4/c1-13-16(7-8-19(26)24-9-10-29-15(12-24)11-20(27)28)14(2)25-21(22-13)17-5-3-4-6-18(17)23-25/h3-6,15H,7-12H2,1-2H3,(H,27,28). The zero-order valence-corrected chi connectivity index (χ0v) is 16.6. The molecule has 0 spiro atoms. The third-order valence-electron chi connectivity index (χ3n) is 5.50. The maximum Gasteiger partial charge on any atom is 0.306 e. The van der Waals surface area contributed by atoms with Crippen molar-refractivity contribution in [1.29, 1.82) is 0 Å². The van der Waals surface area contributed by atoms with Gasteiger partial charge >= 0.3 is 5.97 Å². The van der Waals surface area contributed by atoms with Crippen LogP contribution in [0, 0.1) is 13.8 Å². The minimum absolute atomic E-state index is 0.00760. The zero-order valence-electron chi connectivity index (χ0n) is 16.6. The Bertz CT molecular complexity index is 1090. The topological polar surface area (TPSA) is 97.0 Å². The molecular formula is C21H24N4O4. The van der Waals surface area contributed by atoms with Gasteiger partial charge in [0.25, 0.3) is 0 Å². The zero-order chi connectivity index (χ0) is 20.5. The maximum atomic E-state index is 12.7. The molecule has 1 aliphatic heterocycles. The molecule has 1 aromatic carbocycles. The smallest absolute Gasteiger partial charge is 0.306 e. The van der Waals surface area contributed by atoms with Crippen molar-refractivity contribution in [2.75, 3.05) is 19.7 Å².